The van der Waals surface area contributed by atoms with Crippen molar-refractivity contribution in [3.63, 3.8) is 0 Å². The summed E-state index contributed by atoms with van der Waals surface area (Å²) >= 11 is 1.23. The van der Waals surface area contributed by atoms with Crippen molar-refractivity contribution in [3.05, 3.63) is 35.2 Å². The van der Waals surface area contributed by atoms with Gasteiger partial charge in [-0.3, -0.25) is 0 Å². The van der Waals surface area contributed by atoms with E-state index in [9.17, 15) is 9.90 Å². The number of hydrogen-bond acceptors (Lipinski definition) is 4. The Morgan fingerprint density at radius 2 is 1.90 bits per heavy atom. The zero-order valence-corrected chi connectivity index (χ0v) is 13.6. The van der Waals surface area contributed by atoms with Crippen molar-refractivity contribution in [3.8, 4) is 11.3 Å². The van der Waals surface area contributed by atoms with Gasteiger partial charge in [-0.25, -0.2) is 9.78 Å². The van der Waals surface area contributed by atoms with Crippen molar-refractivity contribution in [1.29, 1.82) is 0 Å². The molecule has 4 nitrogen and oxygen atoms in total. The number of aromatic carboxylic acids is 1. The van der Waals surface area contributed by atoms with Gasteiger partial charge in [0.2, 0.25) is 0 Å². The Kier molecular flexibility index (Phi) is 4.32. The lowest BCUT2D eigenvalue weighted by Crippen LogP contribution is -2.28. The first-order valence-electron chi connectivity index (χ1n) is 6.78. The van der Waals surface area contributed by atoms with Gasteiger partial charge in [0.15, 0.2) is 5.13 Å². The Morgan fingerprint density at radius 1 is 1.29 bits per heavy atom. The molecule has 0 spiro atoms. The fourth-order valence-electron chi connectivity index (χ4n) is 2.19. The monoisotopic (exact) mass is 304 g/mol. The molecule has 2 aromatic rings. The first-order chi connectivity index (χ1) is 9.78. The Balaban J connectivity index is 2.41. The maximum atomic E-state index is 11.5. The molecule has 0 radical (unpaired) electrons. The second kappa shape index (κ2) is 5.85. The number of carboxylic acids is 1. The van der Waals surface area contributed by atoms with E-state index in [1.807, 2.05) is 42.3 Å². The second-order valence-corrected chi connectivity index (χ2v) is 7.24. The highest BCUT2D eigenvalue weighted by molar-refractivity contribution is 7.17. The molecule has 0 aliphatic rings. The number of anilines is 1. The van der Waals surface area contributed by atoms with Crippen molar-refractivity contribution in [2.45, 2.75) is 20.8 Å². The number of hydrogen-bond donors (Lipinski definition) is 1. The van der Waals surface area contributed by atoms with Crippen LogP contribution in [-0.2, 0) is 0 Å². The van der Waals surface area contributed by atoms with Crippen LogP contribution in [0.15, 0.2) is 30.3 Å². The Hall–Kier alpha value is -1.88. The molecule has 1 N–H and O–H groups in total. The van der Waals surface area contributed by atoms with Gasteiger partial charge in [-0.15, -0.1) is 0 Å². The number of thiazole rings is 1. The molecule has 0 saturated carbocycles. The summed E-state index contributed by atoms with van der Waals surface area (Å²) in [6.45, 7) is 7.25. The van der Waals surface area contributed by atoms with Gasteiger partial charge < -0.3 is 10.0 Å². The Morgan fingerprint density at radius 3 is 2.43 bits per heavy atom. The molecule has 0 saturated heterocycles. The van der Waals surface area contributed by atoms with Gasteiger partial charge in [0.05, 0.1) is 5.69 Å². The number of nitrogens with zero attached hydrogens (tertiary/aromatic N) is 2. The highest BCUT2D eigenvalue weighted by Crippen LogP contribution is 2.33. The highest BCUT2D eigenvalue weighted by atomic mass is 32.1. The van der Waals surface area contributed by atoms with Gasteiger partial charge in [-0.2, -0.15) is 0 Å². The van der Waals surface area contributed by atoms with E-state index in [-0.39, 0.29) is 10.3 Å². The second-order valence-electron chi connectivity index (χ2n) is 6.26. The maximum absolute atomic E-state index is 11.5. The van der Waals surface area contributed by atoms with Crippen LogP contribution in [0.5, 0.6) is 0 Å². The maximum Gasteiger partial charge on any atom is 0.348 e. The fraction of sp³-hybridized carbons (Fsp3) is 0.375. The topological polar surface area (TPSA) is 53.4 Å². The smallest absolute Gasteiger partial charge is 0.348 e. The van der Waals surface area contributed by atoms with E-state index >= 15 is 0 Å². The number of carboxylic acid groups (broad SMARTS) is 1. The average Bonchev–Trinajstić information content (AvgIpc) is 2.83. The van der Waals surface area contributed by atoms with E-state index in [0.29, 0.717) is 5.69 Å². The molecule has 0 unspecified atom stereocenters. The third-order valence-corrected chi connectivity index (χ3v) is 4.05. The molecule has 0 bridgehead atoms. The van der Waals surface area contributed by atoms with Crippen LogP contribution in [0.25, 0.3) is 11.3 Å². The summed E-state index contributed by atoms with van der Waals surface area (Å²) in [7, 11) is 1.95. The van der Waals surface area contributed by atoms with Crippen molar-refractivity contribution in [1.82, 2.24) is 4.98 Å². The first-order valence-corrected chi connectivity index (χ1v) is 7.60. The lowest BCUT2D eigenvalue weighted by atomic mass is 9.96. The van der Waals surface area contributed by atoms with E-state index in [4.69, 9.17) is 0 Å². The predicted molar refractivity (Wildman–Crippen MR) is 87.2 cm³/mol. The number of aromatic nitrogens is 1. The standard InChI is InChI=1S/C16H20N2O2S/c1-16(2,3)10-18(4)15-17-12(13(21-15)14(19)20)11-8-6-5-7-9-11/h5-9H,10H2,1-4H3,(H,19,20). The molecule has 0 amide bonds. The van der Waals surface area contributed by atoms with Crippen LogP contribution in [0, 0.1) is 5.41 Å². The van der Waals surface area contributed by atoms with Crippen molar-refractivity contribution in [2.24, 2.45) is 5.41 Å². The van der Waals surface area contributed by atoms with Gasteiger partial charge in [0.25, 0.3) is 0 Å². The molecular weight excluding hydrogens is 284 g/mol. The Labute approximate surface area is 129 Å². The molecule has 0 aliphatic carbocycles. The number of carbonyl (C=O) groups is 1. The molecule has 0 atom stereocenters. The minimum atomic E-state index is -0.929. The Bertz CT molecular complexity index is 629. The summed E-state index contributed by atoms with van der Waals surface area (Å²) < 4.78 is 0. The van der Waals surface area contributed by atoms with Gasteiger partial charge >= 0.3 is 5.97 Å². The van der Waals surface area contributed by atoms with E-state index in [0.717, 1.165) is 17.2 Å². The molecule has 112 valence electrons. The summed E-state index contributed by atoms with van der Waals surface area (Å²) in [6.07, 6.45) is 0. The summed E-state index contributed by atoms with van der Waals surface area (Å²) in [5, 5.41) is 10.1. The lowest BCUT2D eigenvalue weighted by molar-refractivity contribution is 0.0702. The van der Waals surface area contributed by atoms with Crippen molar-refractivity contribution < 1.29 is 9.90 Å². The zero-order valence-electron chi connectivity index (χ0n) is 12.8. The summed E-state index contributed by atoms with van der Waals surface area (Å²) in [6, 6.07) is 9.45. The number of benzene rings is 1. The van der Waals surface area contributed by atoms with Gasteiger partial charge in [-0.1, -0.05) is 62.4 Å². The molecule has 21 heavy (non-hydrogen) atoms. The minimum absolute atomic E-state index is 0.122. The van der Waals surface area contributed by atoms with Crippen LogP contribution < -0.4 is 4.90 Å². The minimum Gasteiger partial charge on any atom is -0.477 e. The van der Waals surface area contributed by atoms with E-state index in [2.05, 4.69) is 25.8 Å². The first kappa shape index (κ1) is 15.5. The summed E-state index contributed by atoms with van der Waals surface area (Å²) in [5.41, 5.74) is 1.50. The molecule has 5 heteroatoms. The molecule has 1 heterocycles. The fourth-order valence-corrected chi connectivity index (χ4v) is 3.08. The number of rotatable bonds is 4. The highest BCUT2D eigenvalue weighted by Gasteiger charge is 2.22. The average molecular weight is 304 g/mol. The van der Waals surface area contributed by atoms with Crippen LogP contribution in [-0.4, -0.2) is 29.7 Å². The van der Waals surface area contributed by atoms with E-state index in [1.165, 1.54) is 11.3 Å². The molecule has 1 aromatic carbocycles. The van der Waals surface area contributed by atoms with E-state index in [1.54, 1.807) is 0 Å². The van der Waals surface area contributed by atoms with Crippen LogP contribution >= 0.6 is 11.3 Å². The van der Waals surface area contributed by atoms with Crippen LogP contribution in [0.1, 0.15) is 30.4 Å². The zero-order chi connectivity index (χ0) is 15.6. The molecule has 1 aromatic heterocycles. The van der Waals surface area contributed by atoms with E-state index < -0.39 is 5.97 Å². The van der Waals surface area contributed by atoms with Crippen molar-refractivity contribution >= 4 is 22.4 Å². The van der Waals surface area contributed by atoms with Gasteiger partial charge in [0, 0.05) is 19.2 Å². The summed E-state index contributed by atoms with van der Waals surface area (Å²) in [4.78, 5) is 18.3. The van der Waals surface area contributed by atoms with Crippen LogP contribution in [0.3, 0.4) is 0 Å². The molecule has 2 rings (SSSR count). The summed E-state index contributed by atoms with van der Waals surface area (Å²) in [5.74, 6) is -0.929. The van der Waals surface area contributed by atoms with Crippen molar-refractivity contribution in [2.75, 3.05) is 18.5 Å². The van der Waals surface area contributed by atoms with Gasteiger partial charge in [-0.05, 0) is 5.41 Å². The van der Waals surface area contributed by atoms with Gasteiger partial charge in [0.1, 0.15) is 4.88 Å². The normalized spacial score (nSPS) is 11.4. The quantitative estimate of drug-likeness (QED) is 0.928. The molecule has 0 fully saturated rings. The van der Waals surface area contributed by atoms with Crippen LogP contribution in [0.4, 0.5) is 5.13 Å². The third-order valence-electron chi connectivity index (χ3n) is 2.90. The lowest BCUT2D eigenvalue weighted by Gasteiger charge is -2.26. The third kappa shape index (κ3) is 3.82. The van der Waals surface area contributed by atoms with Crippen LogP contribution in [0.2, 0.25) is 0 Å². The largest absolute Gasteiger partial charge is 0.477 e. The predicted octanol–water partition coefficient (Wildman–Crippen LogP) is 3.99. The SMILES string of the molecule is CN(CC(C)(C)C)c1nc(-c2ccccc2)c(C(=O)O)s1. The molecular formula is C16H20N2O2S. The molecule has 0 aliphatic heterocycles.